The largest absolute Gasteiger partial charge is 0.244 e. The second-order valence-corrected chi connectivity index (χ2v) is 9.74. The van der Waals surface area contributed by atoms with Crippen LogP contribution in [0.4, 0.5) is 0 Å². The summed E-state index contributed by atoms with van der Waals surface area (Å²) in [5, 5.41) is 0. The molecule has 2 fully saturated rings. The normalized spacial score (nSPS) is 27.5. The quantitative estimate of drug-likeness (QED) is 0.775. The van der Waals surface area contributed by atoms with Gasteiger partial charge in [-0.05, 0) is 37.7 Å². The summed E-state index contributed by atoms with van der Waals surface area (Å²) in [5.41, 5.74) is 0. The van der Waals surface area contributed by atoms with E-state index in [9.17, 15) is 8.42 Å². The smallest absolute Gasteiger partial charge is 0.207 e. The minimum absolute atomic E-state index is 0.381. The number of hydrogen-bond acceptors (Lipinski definition) is 3. The zero-order valence-electron chi connectivity index (χ0n) is 12.3. The number of thiophene rings is 1. The van der Waals surface area contributed by atoms with E-state index >= 15 is 0 Å². The molecule has 1 saturated carbocycles. The highest BCUT2D eigenvalue weighted by Crippen LogP contribution is 2.38. The summed E-state index contributed by atoms with van der Waals surface area (Å²) in [6.07, 6.45) is 6.06. The first-order valence-corrected chi connectivity index (χ1v) is 10.5. The summed E-state index contributed by atoms with van der Waals surface area (Å²) in [5.74, 6) is 1.69. The molecule has 21 heavy (non-hydrogen) atoms. The van der Waals surface area contributed by atoms with Gasteiger partial charge < -0.3 is 0 Å². The zero-order valence-corrected chi connectivity index (χ0v) is 14.7. The fourth-order valence-electron chi connectivity index (χ4n) is 3.77. The number of fused-ring (bicyclic) bond motifs is 1. The Bertz CT molecular complexity index is 611. The minimum Gasteiger partial charge on any atom is -0.207 e. The standard InChI is InChI=1S/C15H22ClNO2S2/c1-11-15(8-14(9-16)20-11)21(18,19)17-7-6-12-4-2-3-5-13(12)10-17/h8,12-13H,2-7,9-10H2,1H3. The predicted molar refractivity (Wildman–Crippen MR) is 87.4 cm³/mol. The maximum atomic E-state index is 12.9. The van der Waals surface area contributed by atoms with Gasteiger partial charge >= 0.3 is 0 Å². The molecular formula is C15H22ClNO2S2. The van der Waals surface area contributed by atoms with Crippen LogP contribution in [-0.4, -0.2) is 25.8 Å². The van der Waals surface area contributed by atoms with Crippen LogP contribution in [0.3, 0.4) is 0 Å². The Hall–Kier alpha value is -0.100. The van der Waals surface area contributed by atoms with Gasteiger partial charge in [-0.3, -0.25) is 0 Å². The van der Waals surface area contributed by atoms with E-state index in [-0.39, 0.29) is 0 Å². The summed E-state index contributed by atoms with van der Waals surface area (Å²) < 4.78 is 27.5. The highest BCUT2D eigenvalue weighted by molar-refractivity contribution is 7.89. The average molecular weight is 348 g/mol. The second kappa shape index (κ2) is 6.19. The monoisotopic (exact) mass is 347 g/mol. The lowest BCUT2D eigenvalue weighted by atomic mass is 9.76. The molecule has 118 valence electrons. The summed E-state index contributed by atoms with van der Waals surface area (Å²) >= 11 is 7.33. The first-order valence-electron chi connectivity index (χ1n) is 7.68. The highest BCUT2D eigenvalue weighted by atomic mass is 35.5. The average Bonchev–Trinajstić information content (AvgIpc) is 2.88. The number of sulfonamides is 1. The lowest BCUT2D eigenvalue weighted by Gasteiger charge is -2.40. The second-order valence-electron chi connectivity index (χ2n) is 6.22. The molecule has 2 unspecified atom stereocenters. The lowest BCUT2D eigenvalue weighted by molar-refractivity contribution is 0.136. The number of hydrogen-bond donors (Lipinski definition) is 0. The van der Waals surface area contributed by atoms with Crippen molar-refractivity contribution in [3.8, 4) is 0 Å². The highest BCUT2D eigenvalue weighted by Gasteiger charge is 2.37. The molecule has 1 aromatic rings. The molecule has 0 N–H and O–H groups in total. The number of aryl methyl sites for hydroxylation is 1. The van der Waals surface area contributed by atoms with Gasteiger partial charge in [0.15, 0.2) is 0 Å². The van der Waals surface area contributed by atoms with Gasteiger partial charge in [-0.25, -0.2) is 8.42 Å². The van der Waals surface area contributed by atoms with E-state index in [4.69, 9.17) is 11.6 Å². The molecular weight excluding hydrogens is 326 g/mol. The molecule has 3 nitrogen and oxygen atoms in total. The zero-order chi connectivity index (χ0) is 15.0. The Morgan fingerprint density at radius 1 is 1.29 bits per heavy atom. The molecule has 0 spiro atoms. The molecule has 0 amide bonds. The van der Waals surface area contributed by atoms with E-state index in [1.807, 2.05) is 6.92 Å². The molecule has 6 heteroatoms. The molecule has 0 aromatic carbocycles. The van der Waals surface area contributed by atoms with E-state index in [0.29, 0.717) is 29.8 Å². The van der Waals surface area contributed by atoms with Crippen LogP contribution in [0.2, 0.25) is 0 Å². The molecule has 2 heterocycles. The third-order valence-corrected chi connectivity index (χ3v) is 8.54. The van der Waals surface area contributed by atoms with Crippen LogP contribution in [0.5, 0.6) is 0 Å². The fourth-order valence-corrected chi connectivity index (χ4v) is 6.98. The van der Waals surface area contributed by atoms with Crippen LogP contribution < -0.4 is 0 Å². The van der Waals surface area contributed by atoms with Crippen molar-refractivity contribution < 1.29 is 8.42 Å². The number of halogens is 1. The molecule has 0 radical (unpaired) electrons. The van der Waals surface area contributed by atoms with Gasteiger partial charge in [-0.15, -0.1) is 22.9 Å². The first kappa shape index (κ1) is 15.8. The van der Waals surface area contributed by atoms with Crippen LogP contribution in [0.25, 0.3) is 0 Å². The Balaban J connectivity index is 1.83. The molecule has 3 rings (SSSR count). The van der Waals surface area contributed by atoms with Crippen LogP contribution in [-0.2, 0) is 15.9 Å². The minimum atomic E-state index is -3.35. The number of piperidine rings is 1. The van der Waals surface area contributed by atoms with Crippen molar-refractivity contribution in [2.24, 2.45) is 11.8 Å². The van der Waals surface area contributed by atoms with Crippen LogP contribution in [0.1, 0.15) is 41.9 Å². The van der Waals surface area contributed by atoms with Crippen LogP contribution >= 0.6 is 22.9 Å². The van der Waals surface area contributed by atoms with Crippen molar-refractivity contribution in [1.82, 2.24) is 4.31 Å². The van der Waals surface area contributed by atoms with Gasteiger partial charge in [0.2, 0.25) is 10.0 Å². The predicted octanol–water partition coefficient (Wildman–Crippen LogP) is 4.00. The summed E-state index contributed by atoms with van der Waals surface area (Å²) in [6, 6.07) is 1.76. The molecule has 1 saturated heterocycles. The Kier molecular flexibility index (Phi) is 4.65. The molecule has 1 aromatic heterocycles. The van der Waals surface area contributed by atoms with Crippen LogP contribution in [0.15, 0.2) is 11.0 Å². The van der Waals surface area contributed by atoms with E-state index in [0.717, 1.165) is 22.1 Å². The lowest BCUT2D eigenvalue weighted by Crippen LogP contribution is -2.44. The van der Waals surface area contributed by atoms with E-state index in [1.54, 1.807) is 10.4 Å². The topological polar surface area (TPSA) is 37.4 Å². The van der Waals surface area contributed by atoms with Gasteiger partial charge in [0.1, 0.15) is 0 Å². The maximum absolute atomic E-state index is 12.9. The molecule has 0 bridgehead atoms. The SMILES string of the molecule is Cc1sc(CCl)cc1S(=O)(=O)N1CCC2CCCCC2C1. The van der Waals surface area contributed by atoms with Crippen molar-refractivity contribution in [2.75, 3.05) is 13.1 Å². The van der Waals surface area contributed by atoms with E-state index in [2.05, 4.69) is 0 Å². The van der Waals surface area contributed by atoms with E-state index < -0.39 is 10.0 Å². The van der Waals surface area contributed by atoms with Crippen LogP contribution in [0, 0.1) is 18.8 Å². The van der Waals surface area contributed by atoms with Gasteiger partial charge in [-0.1, -0.05) is 19.3 Å². The van der Waals surface area contributed by atoms with Crippen molar-refractivity contribution >= 4 is 33.0 Å². The first-order chi connectivity index (χ1) is 10.0. The van der Waals surface area contributed by atoms with Crippen molar-refractivity contribution in [3.05, 3.63) is 15.8 Å². The molecule has 2 atom stereocenters. The van der Waals surface area contributed by atoms with Crippen molar-refractivity contribution in [2.45, 2.75) is 49.8 Å². The van der Waals surface area contributed by atoms with Crippen molar-refractivity contribution in [3.63, 3.8) is 0 Å². The van der Waals surface area contributed by atoms with Gasteiger partial charge in [0.25, 0.3) is 0 Å². The van der Waals surface area contributed by atoms with Gasteiger partial charge in [0.05, 0.1) is 10.8 Å². The molecule has 1 aliphatic carbocycles. The number of nitrogens with zero attached hydrogens (tertiary/aromatic N) is 1. The van der Waals surface area contributed by atoms with Crippen molar-refractivity contribution in [1.29, 1.82) is 0 Å². The Morgan fingerprint density at radius 2 is 2.00 bits per heavy atom. The van der Waals surface area contributed by atoms with Gasteiger partial charge in [0, 0.05) is 22.8 Å². The maximum Gasteiger partial charge on any atom is 0.244 e. The number of rotatable bonds is 3. The Morgan fingerprint density at radius 3 is 2.67 bits per heavy atom. The molecule has 1 aliphatic heterocycles. The Labute approximate surface area is 136 Å². The number of alkyl halides is 1. The third kappa shape index (κ3) is 3.03. The fraction of sp³-hybridized carbons (Fsp3) is 0.733. The van der Waals surface area contributed by atoms with Gasteiger partial charge in [-0.2, -0.15) is 4.31 Å². The van der Waals surface area contributed by atoms with E-state index in [1.165, 1.54) is 37.0 Å². The third-order valence-electron chi connectivity index (χ3n) is 4.93. The summed E-state index contributed by atoms with van der Waals surface area (Å²) in [6.45, 7) is 3.26. The summed E-state index contributed by atoms with van der Waals surface area (Å²) in [7, 11) is -3.35. The molecule has 2 aliphatic rings. The summed E-state index contributed by atoms with van der Waals surface area (Å²) in [4.78, 5) is 2.26.